The monoisotopic (exact) mass is 352 g/mol. The number of rotatable bonds is 4. The van der Waals surface area contributed by atoms with E-state index < -0.39 is 6.04 Å². The predicted molar refractivity (Wildman–Crippen MR) is 91.8 cm³/mol. The second-order valence-electron chi connectivity index (χ2n) is 6.14. The number of hydrogen-bond acceptors (Lipinski definition) is 5. The van der Waals surface area contributed by atoms with Crippen LogP contribution in [0.3, 0.4) is 0 Å². The van der Waals surface area contributed by atoms with Crippen LogP contribution >= 0.6 is 12.4 Å². The molecule has 2 N–H and O–H groups in total. The molecule has 4 rings (SSSR count). The summed E-state index contributed by atoms with van der Waals surface area (Å²) in [6, 6.07) is 5.54. The molecule has 0 radical (unpaired) electrons. The molecule has 2 aliphatic rings. The van der Waals surface area contributed by atoms with Crippen LogP contribution in [0.15, 0.2) is 18.2 Å². The highest BCUT2D eigenvalue weighted by molar-refractivity contribution is 5.90. The number of methoxy groups -OCH3 is 1. The number of esters is 1. The van der Waals surface area contributed by atoms with Gasteiger partial charge in [-0.3, -0.25) is 4.90 Å². The summed E-state index contributed by atoms with van der Waals surface area (Å²) >= 11 is 0. The summed E-state index contributed by atoms with van der Waals surface area (Å²) < 4.78 is 10.5. The highest BCUT2D eigenvalue weighted by atomic mass is 35.5. The molecule has 3 unspecified atom stereocenters. The molecule has 24 heavy (non-hydrogen) atoms. The molecule has 1 aromatic heterocycles. The number of fused-ring (bicyclic) bond motifs is 6. The van der Waals surface area contributed by atoms with E-state index in [0.717, 1.165) is 41.9 Å². The van der Waals surface area contributed by atoms with Crippen LogP contribution in [0, 0.1) is 0 Å². The van der Waals surface area contributed by atoms with Crippen molar-refractivity contribution in [2.75, 3.05) is 33.4 Å². The van der Waals surface area contributed by atoms with E-state index >= 15 is 0 Å². The van der Waals surface area contributed by atoms with Gasteiger partial charge in [0.15, 0.2) is 0 Å². The van der Waals surface area contributed by atoms with Gasteiger partial charge >= 0.3 is 5.97 Å². The smallest absolute Gasteiger partial charge is 0.329 e. The highest BCUT2D eigenvalue weighted by Crippen LogP contribution is 2.46. The van der Waals surface area contributed by atoms with Crippen LogP contribution in [-0.4, -0.2) is 54.4 Å². The summed E-state index contributed by atoms with van der Waals surface area (Å²) in [6.07, 6.45) is 1.04. The number of hydrogen-bond donors (Lipinski definition) is 2. The Morgan fingerprint density at radius 1 is 1.46 bits per heavy atom. The second kappa shape index (κ2) is 6.63. The van der Waals surface area contributed by atoms with Gasteiger partial charge in [0.25, 0.3) is 0 Å². The third-order valence-electron chi connectivity index (χ3n) is 4.90. The first-order valence-electron chi connectivity index (χ1n) is 7.94. The Morgan fingerprint density at radius 2 is 2.29 bits per heavy atom. The number of aromatic nitrogens is 1. The number of carbonyl (C=O) groups excluding carboxylic acids is 1. The van der Waals surface area contributed by atoms with Gasteiger partial charge in [0, 0.05) is 29.1 Å². The molecule has 0 aliphatic carbocycles. The molecule has 0 saturated carbocycles. The average Bonchev–Trinajstić information content (AvgIpc) is 3.14. The number of carbonyl (C=O) groups is 1. The number of H-pyrrole nitrogens is 1. The number of ether oxygens (including phenoxy) is 2. The van der Waals surface area contributed by atoms with Crippen LogP contribution in [0.25, 0.3) is 10.9 Å². The maximum atomic E-state index is 12.5. The molecular formula is C17H21ClN2O4. The van der Waals surface area contributed by atoms with Crippen molar-refractivity contribution in [2.24, 2.45) is 0 Å². The summed E-state index contributed by atoms with van der Waals surface area (Å²) in [4.78, 5) is 18.1. The Bertz CT molecular complexity index is 760. The fourth-order valence-corrected chi connectivity index (χ4v) is 3.93. The summed E-state index contributed by atoms with van der Waals surface area (Å²) in [6.45, 7) is 1.64. The molecule has 130 valence electrons. The molecule has 1 aromatic carbocycles. The molecule has 3 atom stereocenters. The minimum atomic E-state index is -0.409. The SMILES string of the molecule is COc1ccc2[nH]c3c(c2c1)C1CCN(C1)C3C(=O)OCCO.Cl. The summed E-state index contributed by atoms with van der Waals surface area (Å²) in [5, 5.41) is 10.0. The molecule has 2 aromatic rings. The van der Waals surface area contributed by atoms with Gasteiger partial charge in [-0.2, -0.15) is 0 Å². The van der Waals surface area contributed by atoms with E-state index in [1.165, 1.54) is 5.56 Å². The van der Waals surface area contributed by atoms with Gasteiger partial charge in [-0.05, 0) is 36.7 Å². The van der Waals surface area contributed by atoms with Crippen molar-refractivity contribution in [1.29, 1.82) is 0 Å². The fourth-order valence-electron chi connectivity index (χ4n) is 3.93. The highest BCUT2D eigenvalue weighted by Gasteiger charge is 2.44. The normalized spacial score (nSPS) is 24.3. The number of aliphatic hydroxyl groups excluding tert-OH is 1. The summed E-state index contributed by atoms with van der Waals surface area (Å²) in [7, 11) is 1.66. The number of aliphatic hydroxyl groups is 1. The Kier molecular flexibility index (Phi) is 4.71. The lowest BCUT2D eigenvalue weighted by Gasteiger charge is -2.30. The molecule has 1 saturated heterocycles. The third kappa shape index (κ3) is 2.55. The molecule has 0 amide bonds. The van der Waals surface area contributed by atoms with E-state index in [-0.39, 0.29) is 31.6 Å². The fraction of sp³-hybridized carbons (Fsp3) is 0.471. The standard InChI is InChI=1S/C17H20N2O4.ClH/c1-22-11-2-3-13-12(8-11)14-10-4-5-19(9-10)16(15(14)18-13)17(21)23-7-6-20;/h2-3,8,10,16,18,20H,4-7,9H2,1H3;1H. The largest absolute Gasteiger partial charge is 0.497 e. The zero-order chi connectivity index (χ0) is 16.0. The molecular weight excluding hydrogens is 332 g/mol. The van der Waals surface area contributed by atoms with Gasteiger partial charge in [0.1, 0.15) is 18.4 Å². The van der Waals surface area contributed by atoms with Crippen LogP contribution in [0.4, 0.5) is 0 Å². The maximum Gasteiger partial charge on any atom is 0.329 e. The van der Waals surface area contributed by atoms with E-state index in [1.807, 2.05) is 18.2 Å². The molecule has 3 heterocycles. The quantitative estimate of drug-likeness (QED) is 0.823. The predicted octanol–water partition coefficient (Wildman–Crippen LogP) is 1.98. The third-order valence-corrected chi connectivity index (χ3v) is 4.90. The number of nitrogens with zero attached hydrogens (tertiary/aromatic N) is 1. The van der Waals surface area contributed by atoms with Crippen molar-refractivity contribution in [3.05, 3.63) is 29.5 Å². The van der Waals surface area contributed by atoms with Gasteiger partial charge < -0.3 is 19.6 Å². The Labute approximate surface area is 146 Å². The zero-order valence-corrected chi connectivity index (χ0v) is 14.3. The molecule has 1 fully saturated rings. The first-order valence-corrected chi connectivity index (χ1v) is 7.94. The van der Waals surface area contributed by atoms with Crippen molar-refractivity contribution < 1.29 is 19.4 Å². The van der Waals surface area contributed by atoms with Gasteiger partial charge in [-0.25, -0.2) is 4.79 Å². The molecule has 7 heteroatoms. The maximum absolute atomic E-state index is 12.5. The Morgan fingerprint density at radius 3 is 3.04 bits per heavy atom. The number of nitrogens with one attached hydrogen (secondary N) is 1. The van der Waals surface area contributed by atoms with E-state index in [1.54, 1.807) is 7.11 Å². The summed E-state index contributed by atoms with van der Waals surface area (Å²) in [5.74, 6) is 0.964. The van der Waals surface area contributed by atoms with Crippen LogP contribution in [0.5, 0.6) is 5.75 Å². The van der Waals surface area contributed by atoms with E-state index in [0.29, 0.717) is 5.92 Å². The lowest BCUT2D eigenvalue weighted by atomic mass is 9.90. The van der Waals surface area contributed by atoms with Crippen LogP contribution in [0.1, 0.15) is 29.6 Å². The van der Waals surface area contributed by atoms with Crippen molar-refractivity contribution in [3.63, 3.8) is 0 Å². The average molecular weight is 353 g/mol. The van der Waals surface area contributed by atoms with Gasteiger partial charge in [0.2, 0.25) is 0 Å². The zero-order valence-electron chi connectivity index (χ0n) is 13.4. The number of aromatic amines is 1. The van der Waals surface area contributed by atoms with Crippen molar-refractivity contribution in [3.8, 4) is 5.75 Å². The van der Waals surface area contributed by atoms with Crippen molar-refractivity contribution in [1.82, 2.24) is 9.88 Å². The van der Waals surface area contributed by atoms with Crippen LogP contribution in [0.2, 0.25) is 0 Å². The minimum Gasteiger partial charge on any atom is -0.497 e. The molecule has 0 spiro atoms. The van der Waals surface area contributed by atoms with Gasteiger partial charge in [0.05, 0.1) is 13.7 Å². The second-order valence-corrected chi connectivity index (χ2v) is 6.14. The van der Waals surface area contributed by atoms with Crippen LogP contribution in [-0.2, 0) is 9.53 Å². The topological polar surface area (TPSA) is 74.8 Å². The van der Waals surface area contributed by atoms with Gasteiger partial charge in [-0.1, -0.05) is 0 Å². The first-order chi connectivity index (χ1) is 11.2. The van der Waals surface area contributed by atoms with Gasteiger partial charge in [-0.15, -0.1) is 12.4 Å². The first kappa shape index (κ1) is 17.1. The Hall–Kier alpha value is -1.76. The molecule has 2 bridgehead atoms. The minimum absolute atomic E-state index is 0. The van der Waals surface area contributed by atoms with Crippen LogP contribution < -0.4 is 4.74 Å². The Balaban J connectivity index is 0.00000169. The summed E-state index contributed by atoms with van der Waals surface area (Å²) in [5.41, 5.74) is 3.17. The van der Waals surface area contributed by atoms with Crippen molar-refractivity contribution in [2.45, 2.75) is 18.4 Å². The van der Waals surface area contributed by atoms with E-state index in [9.17, 15) is 4.79 Å². The van der Waals surface area contributed by atoms with E-state index in [2.05, 4.69) is 9.88 Å². The number of benzene rings is 1. The lowest BCUT2D eigenvalue weighted by molar-refractivity contribution is -0.151. The van der Waals surface area contributed by atoms with Crippen molar-refractivity contribution >= 4 is 29.3 Å². The molecule has 2 aliphatic heterocycles. The van der Waals surface area contributed by atoms with E-state index in [4.69, 9.17) is 14.6 Å². The lowest BCUT2D eigenvalue weighted by Crippen LogP contribution is -2.37. The molecule has 6 nitrogen and oxygen atoms in total. The number of halogens is 1.